The van der Waals surface area contributed by atoms with E-state index in [1.165, 1.54) is 6.07 Å². The van der Waals surface area contributed by atoms with Gasteiger partial charge in [-0.2, -0.15) is 0 Å². The molecule has 1 heterocycles. The first-order chi connectivity index (χ1) is 6.81. The molecule has 0 aliphatic carbocycles. The van der Waals surface area contributed by atoms with E-state index in [9.17, 15) is 4.39 Å². The van der Waals surface area contributed by atoms with E-state index in [-0.39, 0.29) is 11.9 Å². The van der Waals surface area contributed by atoms with Crippen LogP contribution >= 0.6 is 0 Å². The van der Waals surface area contributed by atoms with E-state index < -0.39 is 0 Å². The zero-order valence-corrected chi connectivity index (χ0v) is 7.61. The Morgan fingerprint density at radius 2 is 2.29 bits per heavy atom. The number of rotatable bonds is 2. The first-order valence-corrected chi connectivity index (χ1v) is 4.49. The third kappa shape index (κ3) is 1.61. The van der Waals surface area contributed by atoms with Gasteiger partial charge in [0.2, 0.25) is 0 Å². The van der Waals surface area contributed by atoms with Crippen LogP contribution in [0, 0.1) is 5.82 Å². The van der Waals surface area contributed by atoms with Crippen LogP contribution in [-0.4, -0.2) is 18.4 Å². The molecule has 1 aliphatic rings. The lowest BCUT2D eigenvalue weighted by Gasteiger charge is -2.02. The van der Waals surface area contributed by atoms with Crippen LogP contribution in [0.15, 0.2) is 29.4 Å². The lowest BCUT2D eigenvalue weighted by molar-refractivity contribution is 0.0918. The van der Waals surface area contributed by atoms with Crippen LogP contribution in [0.2, 0.25) is 0 Å². The molecule has 0 spiro atoms. The fourth-order valence-electron chi connectivity index (χ4n) is 1.41. The maximum Gasteiger partial charge on any atom is 0.145 e. The van der Waals surface area contributed by atoms with E-state index >= 15 is 0 Å². The van der Waals surface area contributed by atoms with E-state index in [0.717, 1.165) is 0 Å². The smallest absolute Gasteiger partial charge is 0.145 e. The van der Waals surface area contributed by atoms with Crippen molar-refractivity contribution in [3.63, 3.8) is 0 Å². The van der Waals surface area contributed by atoms with Gasteiger partial charge in [0.1, 0.15) is 11.9 Å². The lowest BCUT2D eigenvalue weighted by Crippen LogP contribution is -2.20. The maximum atomic E-state index is 13.3. The number of hydrogen-bond donors (Lipinski definition) is 1. The van der Waals surface area contributed by atoms with Crippen molar-refractivity contribution in [2.45, 2.75) is 12.5 Å². The first kappa shape index (κ1) is 9.15. The molecule has 3 nitrogen and oxygen atoms in total. The summed E-state index contributed by atoms with van der Waals surface area (Å²) >= 11 is 0. The van der Waals surface area contributed by atoms with Crippen molar-refractivity contribution in [2.75, 3.05) is 6.54 Å². The van der Waals surface area contributed by atoms with Crippen molar-refractivity contribution < 1.29 is 9.23 Å². The van der Waals surface area contributed by atoms with Gasteiger partial charge in [0.05, 0.1) is 5.71 Å². The Balaban J connectivity index is 2.22. The molecule has 1 atom stereocenters. The molecule has 2 N–H and O–H groups in total. The minimum Gasteiger partial charge on any atom is -0.390 e. The van der Waals surface area contributed by atoms with E-state index in [2.05, 4.69) is 5.16 Å². The third-order valence-electron chi connectivity index (χ3n) is 2.18. The molecule has 74 valence electrons. The lowest BCUT2D eigenvalue weighted by atomic mass is 10.0. The van der Waals surface area contributed by atoms with Gasteiger partial charge in [0, 0.05) is 18.5 Å². The van der Waals surface area contributed by atoms with Crippen molar-refractivity contribution in [2.24, 2.45) is 10.9 Å². The van der Waals surface area contributed by atoms with E-state index in [1.807, 2.05) is 0 Å². The molecular formula is C10H11FN2O. The van der Waals surface area contributed by atoms with E-state index in [4.69, 9.17) is 10.6 Å². The van der Waals surface area contributed by atoms with E-state index in [1.54, 1.807) is 18.2 Å². The quantitative estimate of drug-likeness (QED) is 0.770. The largest absolute Gasteiger partial charge is 0.390 e. The molecule has 0 unspecified atom stereocenters. The minimum absolute atomic E-state index is 0.107. The predicted octanol–water partition coefficient (Wildman–Crippen LogP) is 1.28. The van der Waals surface area contributed by atoms with Gasteiger partial charge in [-0.1, -0.05) is 23.4 Å². The molecule has 0 aromatic heterocycles. The van der Waals surface area contributed by atoms with Gasteiger partial charge >= 0.3 is 0 Å². The van der Waals surface area contributed by atoms with Crippen molar-refractivity contribution in [1.82, 2.24) is 0 Å². The minimum atomic E-state index is -0.271. The molecule has 0 saturated heterocycles. The molecule has 0 fully saturated rings. The Bertz CT molecular complexity index is 365. The van der Waals surface area contributed by atoms with Crippen LogP contribution < -0.4 is 5.73 Å². The Morgan fingerprint density at radius 3 is 2.93 bits per heavy atom. The van der Waals surface area contributed by atoms with Gasteiger partial charge < -0.3 is 10.6 Å². The van der Waals surface area contributed by atoms with Gasteiger partial charge in [-0.05, 0) is 6.07 Å². The van der Waals surface area contributed by atoms with Gasteiger partial charge in [0.15, 0.2) is 0 Å². The summed E-state index contributed by atoms with van der Waals surface area (Å²) in [7, 11) is 0. The number of hydrogen-bond acceptors (Lipinski definition) is 3. The Labute approximate surface area is 81.4 Å². The van der Waals surface area contributed by atoms with Crippen molar-refractivity contribution in [3.05, 3.63) is 35.6 Å². The highest BCUT2D eigenvalue weighted by Gasteiger charge is 2.22. The molecular weight excluding hydrogens is 183 g/mol. The van der Waals surface area contributed by atoms with Crippen LogP contribution in [0.4, 0.5) is 4.39 Å². The monoisotopic (exact) mass is 194 g/mol. The van der Waals surface area contributed by atoms with Gasteiger partial charge in [-0.15, -0.1) is 0 Å². The Kier molecular flexibility index (Phi) is 2.45. The summed E-state index contributed by atoms with van der Waals surface area (Å²) in [5.41, 5.74) is 6.56. The van der Waals surface area contributed by atoms with Crippen molar-refractivity contribution in [3.8, 4) is 0 Å². The standard InChI is InChI=1S/C10H11FN2O/c11-9-4-2-1-3-8(9)10-5-7(6-12)14-13-10/h1-4,7H,5-6,12H2/t7-/m1/s1. The molecule has 0 radical (unpaired) electrons. The molecule has 0 bridgehead atoms. The molecule has 0 amide bonds. The Hall–Kier alpha value is -1.42. The number of halogens is 1. The maximum absolute atomic E-state index is 13.3. The van der Waals surface area contributed by atoms with Crippen LogP contribution in [0.1, 0.15) is 12.0 Å². The second kappa shape index (κ2) is 3.75. The van der Waals surface area contributed by atoms with Crippen molar-refractivity contribution >= 4 is 5.71 Å². The first-order valence-electron chi connectivity index (χ1n) is 4.49. The van der Waals surface area contributed by atoms with Gasteiger partial charge in [-0.25, -0.2) is 4.39 Å². The highest BCUT2D eigenvalue weighted by Crippen LogP contribution is 2.17. The van der Waals surface area contributed by atoms with E-state index in [0.29, 0.717) is 24.2 Å². The summed E-state index contributed by atoms with van der Waals surface area (Å²) in [4.78, 5) is 5.02. The number of nitrogens with two attached hydrogens (primary N) is 1. The second-order valence-corrected chi connectivity index (χ2v) is 3.19. The molecule has 1 aromatic rings. The second-order valence-electron chi connectivity index (χ2n) is 3.19. The fraction of sp³-hybridized carbons (Fsp3) is 0.300. The Morgan fingerprint density at radius 1 is 1.50 bits per heavy atom. The summed E-state index contributed by atoms with van der Waals surface area (Å²) in [6.45, 7) is 0.404. The van der Waals surface area contributed by atoms with Crippen molar-refractivity contribution in [1.29, 1.82) is 0 Å². The number of benzene rings is 1. The summed E-state index contributed by atoms with van der Waals surface area (Å²) in [5, 5.41) is 3.82. The highest BCUT2D eigenvalue weighted by molar-refractivity contribution is 6.01. The molecule has 1 aliphatic heterocycles. The predicted molar refractivity (Wildman–Crippen MR) is 51.5 cm³/mol. The molecule has 1 aromatic carbocycles. The summed E-state index contributed by atoms with van der Waals surface area (Å²) in [5.74, 6) is -0.271. The van der Waals surface area contributed by atoms with Crippen LogP contribution in [0.25, 0.3) is 0 Å². The molecule has 14 heavy (non-hydrogen) atoms. The summed E-state index contributed by atoms with van der Waals surface area (Å²) in [6.07, 6.45) is 0.474. The number of oxime groups is 1. The molecule has 2 rings (SSSR count). The number of nitrogens with zero attached hydrogens (tertiary/aromatic N) is 1. The fourth-order valence-corrected chi connectivity index (χ4v) is 1.41. The van der Waals surface area contributed by atoms with Crippen LogP contribution in [0.5, 0.6) is 0 Å². The highest BCUT2D eigenvalue weighted by atomic mass is 19.1. The zero-order chi connectivity index (χ0) is 9.97. The van der Waals surface area contributed by atoms with Gasteiger partial charge in [-0.3, -0.25) is 0 Å². The zero-order valence-electron chi connectivity index (χ0n) is 7.61. The SMILES string of the molecule is NC[C@H]1CC(c2ccccc2F)=NO1. The van der Waals surface area contributed by atoms with Gasteiger partial charge in [0.25, 0.3) is 0 Å². The normalized spacial score (nSPS) is 20.4. The molecule has 4 heteroatoms. The summed E-state index contributed by atoms with van der Waals surface area (Å²) in [6, 6.07) is 6.52. The van der Waals surface area contributed by atoms with Crippen LogP contribution in [-0.2, 0) is 4.84 Å². The third-order valence-corrected chi connectivity index (χ3v) is 2.18. The summed E-state index contributed by atoms with van der Waals surface area (Å²) < 4.78 is 13.3. The molecule has 0 saturated carbocycles. The topological polar surface area (TPSA) is 47.6 Å². The average Bonchev–Trinajstić information content (AvgIpc) is 2.67. The van der Waals surface area contributed by atoms with Crippen LogP contribution in [0.3, 0.4) is 0 Å². The average molecular weight is 194 g/mol.